The van der Waals surface area contributed by atoms with Crippen LogP contribution < -0.4 is 5.73 Å². The second-order valence-corrected chi connectivity index (χ2v) is 4.44. The van der Waals surface area contributed by atoms with Crippen LogP contribution in [-0.2, 0) is 0 Å². The molecule has 0 fully saturated rings. The Morgan fingerprint density at radius 1 is 1.41 bits per heavy atom. The van der Waals surface area contributed by atoms with Gasteiger partial charge in [-0.15, -0.1) is 11.3 Å². The maximum Gasteiger partial charge on any atom is 0.144 e. The molecule has 0 saturated heterocycles. The fourth-order valence-corrected chi connectivity index (χ4v) is 2.31. The predicted octanol–water partition coefficient (Wildman–Crippen LogP) is 2.51. The van der Waals surface area contributed by atoms with Gasteiger partial charge in [0.1, 0.15) is 23.2 Å². The molecule has 0 aliphatic rings. The van der Waals surface area contributed by atoms with Crippen molar-refractivity contribution < 1.29 is 9.50 Å². The first-order chi connectivity index (χ1) is 8.15. The molecule has 0 unspecified atom stereocenters. The number of rotatable bonds is 2. The summed E-state index contributed by atoms with van der Waals surface area (Å²) in [6.45, 7) is 0. The summed E-state index contributed by atoms with van der Waals surface area (Å²) in [5.41, 5.74) is 5.94. The number of hydrogen-bond donors (Lipinski definition) is 2. The van der Waals surface area contributed by atoms with E-state index in [0.29, 0.717) is 5.56 Å². The third-order valence-corrected chi connectivity index (χ3v) is 3.41. The predicted molar refractivity (Wildman–Crippen MR) is 63.1 cm³/mol. The van der Waals surface area contributed by atoms with Crippen molar-refractivity contribution in [2.75, 3.05) is 0 Å². The van der Waals surface area contributed by atoms with Gasteiger partial charge in [-0.05, 0) is 17.5 Å². The zero-order chi connectivity index (χ0) is 12.4. The van der Waals surface area contributed by atoms with Crippen molar-refractivity contribution >= 4 is 11.3 Å². The van der Waals surface area contributed by atoms with E-state index >= 15 is 0 Å². The van der Waals surface area contributed by atoms with Crippen LogP contribution in [0.2, 0.25) is 0 Å². The summed E-state index contributed by atoms with van der Waals surface area (Å²) in [4.78, 5) is 0.843. The molecular weight excluding hydrogens is 239 g/mol. The third kappa shape index (κ3) is 2.00. The summed E-state index contributed by atoms with van der Waals surface area (Å²) in [6, 6.07) is 7.28. The Morgan fingerprint density at radius 3 is 2.76 bits per heavy atom. The Kier molecular flexibility index (Phi) is 3.09. The lowest BCUT2D eigenvalue weighted by atomic mass is 10.0. The van der Waals surface area contributed by atoms with Crippen molar-refractivity contribution in [3.05, 3.63) is 51.5 Å². The Labute approximate surface area is 102 Å². The Morgan fingerprint density at radius 2 is 2.18 bits per heavy atom. The first kappa shape index (κ1) is 11.6. The number of halogens is 1. The van der Waals surface area contributed by atoms with Gasteiger partial charge in [-0.1, -0.05) is 12.1 Å². The number of hydrogen-bond acceptors (Lipinski definition) is 4. The monoisotopic (exact) mass is 248 g/mol. The molecule has 2 aromatic rings. The van der Waals surface area contributed by atoms with Crippen LogP contribution in [0.3, 0.4) is 0 Å². The molecule has 1 aromatic carbocycles. The van der Waals surface area contributed by atoms with Crippen molar-refractivity contribution in [1.82, 2.24) is 0 Å². The summed E-state index contributed by atoms with van der Waals surface area (Å²) < 4.78 is 13.2. The van der Waals surface area contributed by atoms with E-state index in [2.05, 4.69) is 0 Å². The van der Waals surface area contributed by atoms with Gasteiger partial charge < -0.3 is 10.8 Å². The maximum absolute atomic E-state index is 13.2. The fraction of sp³-hybridized carbons (Fsp3) is 0.0833. The lowest BCUT2D eigenvalue weighted by molar-refractivity contribution is 0.457. The summed E-state index contributed by atoms with van der Waals surface area (Å²) in [6.07, 6.45) is 0. The first-order valence-corrected chi connectivity index (χ1v) is 5.73. The molecule has 0 aliphatic heterocycles. The van der Waals surface area contributed by atoms with Gasteiger partial charge in [-0.3, -0.25) is 0 Å². The third-order valence-electron chi connectivity index (χ3n) is 2.45. The molecule has 0 bridgehead atoms. The second-order valence-electron chi connectivity index (χ2n) is 3.47. The van der Waals surface area contributed by atoms with Gasteiger partial charge in [0.05, 0.1) is 6.04 Å². The number of phenols is 1. The molecule has 3 N–H and O–H groups in total. The highest BCUT2D eigenvalue weighted by atomic mass is 32.1. The second kappa shape index (κ2) is 4.53. The van der Waals surface area contributed by atoms with Gasteiger partial charge in [-0.25, -0.2) is 4.39 Å². The zero-order valence-electron chi connectivity index (χ0n) is 8.72. The van der Waals surface area contributed by atoms with Gasteiger partial charge in [-0.2, -0.15) is 5.26 Å². The minimum atomic E-state index is -0.743. The van der Waals surface area contributed by atoms with Crippen LogP contribution in [0.5, 0.6) is 5.75 Å². The highest BCUT2D eigenvalue weighted by molar-refractivity contribution is 7.10. The lowest BCUT2D eigenvalue weighted by Gasteiger charge is -2.13. The van der Waals surface area contributed by atoms with Crippen molar-refractivity contribution in [3.8, 4) is 11.8 Å². The summed E-state index contributed by atoms with van der Waals surface area (Å²) in [5, 5.41) is 20.4. The largest absolute Gasteiger partial charge is 0.506 e. The molecule has 0 aliphatic carbocycles. The number of aromatic hydroxyl groups is 1. The van der Waals surface area contributed by atoms with E-state index in [4.69, 9.17) is 11.0 Å². The zero-order valence-corrected chi connectivity index (χ0v) is 9.54. The van der Waals surface area contributed by atoms with E-state index in [9.17, 15) is 9.50 Å². The first-order valence-electron chi connectivity index (χ1n) is 4.85. The van der Waals surface area contributed by atoms with Crippen LogP contribution in [0.4, 0.5) is 4.39 Å². The van der Waals surface area contributed by atoms with Crippen LogP contribution in [0.15, 0.2) is 29.6 Å². The number of nitrogens with zero attached hydrogens (tertiary/aromatic N) is 1. The molecule has 1 atom stereocenters. The minimum Gasteiger partial charge on any atom is -0.506 e. The Hall–Kier alpha value is -1.90. The minimum absolute atomic E-state index is 0.352. The molecule has 3 nitrogen and oxygen atoms in total. The van der Waals surface area contributed by atoms with E-state index in [1.54, 1.807) is 6.07 Å². The summed E-state index contributed by atoms with van der Waals surface area (Å²) in [5.74, 6) is -1.12. The van der Waals surface area contributed by atoms with E-state index < -0.39 is 11.9 Å². The molecular formula is C12H9FN2OS. The number of benzene rings is 1. The molecule has 0 saturated carbocycles. The normalized spacial score (nSPS) is 12.1. The highest BCUT2D eigenvalue weighted by Crippen LogP contribution is 2.33. The van der Waals surface area contributed by atoms with Gasteiger partial charge >= 0.3 is 0 Å². The summed E-state index contributed by atoms with van der Waals surface area (Å²) >= 11 is 1.44. The van der Waals surface area contributed by atoms with Crippen molar-refractivity contribution in [3.63, 3.8) is 0 Å². The smallest absolute Gasteiger partial charge is 0.144 e. The van der Waals surface area contributed by atoms with Gasteiger partial charge in [0, 0.05) is 10.4 Å². The highest BCUT2D eigenvalue weighted by Gasteiger charge is 2.19. The van der Waals surface area contributed by atoms with E-state index in [1.165, 1.54) is 17.4 Å². The van der Waals surface area contributed by atoms with Gasteiger partial charge in [0.25, 0.3) is 0 Å². The van der Waals surface area contributed by atoms with Crippen LogP contribution in [0.25, 0.3) is 0 Å². The molecule has 17 heavy (non-hydrogen) atoms. The van der Waals surface area contributed by atoms with Crippen LogP contribution in [0.1, 0.15) is 22.0 Å². The number of thiophene rings is 1. The maximum atomic E-state index is 13.2. The Bertz CT molecular complexity index is 575. The molecule has 0 amide bonds. The average Bonchev–Trinajstić information content (AvgIpc) is 2.82. The molecule has 1 heterocycles. The van der Waals surface area contributed by atoms with E-state index in [0.717, 1.165) is 10.9 Å². The SMILES string of the molecule is N#Cc1c(F)ccc([C@H](N)c2cccs2)c1O. The van der Waals surface area contributed by atoms with Crippen molar-refractivity contribution in [2.24, 2.45) is 5.73 Å². The topological polar surface area (TPSA) is 70.0 Å². The number of nitriles is 1. The van der Waals surface area contributed by atoms with Crippen molar-refractivity contribution in [2.45, 2.75) is 6.04 Å². The molecule has 86 valence electrons. The molecule has 0 spiro atoms. The quantitative estimate of drug-likeness (QED) is 0.857. The molecule has 1 aromatic heterocycles. The van der Waals surface area contributed by atoms with Crippen LogP contribution >= 0.6 is 11.3 Å². The van der Waals surface area contributed by atoms with Gasteiger partial charge in [0.15, 0.2) is 0 Å². The standard InChI is InChI=1S/C12H9FN2OS/c13-9-4-3-7(12(16)8(9)6-14)11(15)10-2-1-5-17-10/h1-5,11,16H,15H2/t11-/m0/s1. The van der Waals surface area contributed by atoms with Crippen LogP contribution in [-0.4, -0.2) is 5.11 Å². The number of nitrogens with two attached hydrogens (primary N) is 1. The number of phenolic OH excluding ortho intramolecular Hbond substituents is 1. The molecule has 2 rings (SSSR count). The van der Waals surface area contributed by atoms with E-state index in [1.807, 2.05) is 17.5 Å². The molecule has 5 heteroatoms. The van der Waals surface area contributed by atoms with E-state index in [-0.39, 0.29) is 11.3 Å². The van der Waals surface area contributed by atoms with Gasteiger partial charge in [0.2, 0.25) is 0 Å². The fourth-order valence-electron chi connectivity index (χ4n) is 1.56. The Balaban J connectivity index is 2.51. The lowest BCUT2D eigenvalue weighted by Crippen LogP contribution is -2.11. The average molecular weight is 248 g/mol. The molecule has 0 radical (unpaired) electrons. The summed E-state index contributed by atoms with van der Waals surface area (Å²) in [7, 11) is 0. The van der Waals surface area contributed by atoms with Crippen LogP contribution in [0, 0.1) is 17.1 Å². The van der Waals surface area contributed by atoms with Crippen molar-refractivity contribution in [1.29, 1.82) is 5.26 Å².